The number of rotatable bonds is 5. The number of aromatic nitrogens is 1. The van der Waals surface area contributed by atoms with E-state index in [1.54, 1.807) is 12.3 Å². The van der Waals surface area contributed by atoms with E-state index in [-0.39, 0.29) is 5.82 Å². The molecule has 0 aliphatic rings. The van der Waals surface area contributed by atoms with E-state index < -0.39 is 6.10 Å². The molecule has 100 valence electrons. The van der Waals surface area contributed by atoms with Gasteiger partial charge in [-0.3, -0.25) is 4.98 Å². The van der Waals surface area contributed by atoms with Crippen molar-refractivity contribution in [2.45, 2.75) is 25.4 Å². The van der Waals surface area contributed by atoms with Crippen molar-refractivity contribution >= 4 is 15.9 Å². The van der Waals surface area contributed by atoms with Crippen LogP contribution < -0.4 is 0 Å². The Morgan fingerprint density at radius 1 is 1.26 bits per heavy atom. The second-order valence-corrected chi connectivity index (χ2v) is 5.31. The largest absolute Gasteiger partial charge is 0.393 e. The summed E-state index contributed by atoms with van der Waals surface area (Å²) in [5.41, 5.74) is 1.74. The van der Waals surface area contributed by atoms with Gasteiger partial charge < -0.3 is 5.11 Å². The van der Waals surface area contributed by atoms with E-state index in [0.29, 0.717) is 12.8 Å². The molecule has 1 atom stereocenters. The second-order valence-electron chi connectivity index (χ2n) is 4.45. The smallest absolute Gasteiger partial charge is 0.123 e. The number of aliphatic hydroxyl groups is 1. The van der Waals surface area contributed by atoms with Gasteiger partial charge in [0.25, 0.3) is 0 Å². The lowest BCUT2D eigenvalue weighted by Crippen LogP contribution is -2.12. The summed E-state index contributed by atoms with van der Waals surface area (Å²) in [6.45, 7) is 0. The van der Waals surface area contributed by atoms with E-state index in [2.05, 4.69) is 20.9 Å². The lowest BCUT2D eigenvalue weighted by Gasteiger charge is -2.11. The molecule has 4 heteroatoms. The summed E-state index contributed by atoms with van der Waals surface area (Å²) in [7, 11) is 0. The van der Waals surface area contributed by atoms with Gasteiger partial charge in [-0.25, -0.2) is 4.39 Å². The highest BCUT2D eigenvalue weighted by Gasteiger charge is 2.10. The zero-order valence-electron chi connectivity index (χ0n) is 10.4. The van der Waals surface area contributed by atoms with E-state index in [1.807, 2.05) is 18.2 Å². The summed E-state index contributed by atoms with van der Waals surface area (Å²) in [5.74, 6) is -0.282. The van der Waals surface area contributed by atoms with Crippen LogP contribution in [0, 0.1) is 5.82 Å². The third kappa shape index (κ3) is 4.40. The number of halogens is 2. The molecule has 1 aromatic carbocycles. The zero-order chi connectivity index (χ0) is 13.7. The Morgan fingerprint density at radius 2 is 2.11 bits per heavy atom. The standard InChI is InChI=1S/C15H15BrFNO/c16-15-7-4-12(17)9-11(15)10-14(19)6-5-13-3-1-2-8-18-13/h1-4,7-9,14,19H,5-6,10H2. The summed E-state index contributed by atoms with van der Waals surface area (Å²) >= 11 is 3.36. The average molecular weight is 324 g/mol. The number of aryl methyl sites for hydroxylation is 1. The van der Waals surface area contributed by atoms with Gasteiger partial charge in [0.2, 0.25) is 0 Å². The molecule has 2 rings (SSSR count). The molecule has 1 aromatic heterocycles. The molecule has 0 aliphatic carbocycles. The van der Waals surface area contributed by atoms with E-state index in [4.69, 9.17) is 0 Å². The maximum atomic E-state index is 13.1. The molecular formula is C15H15BrFNO. The lowest BCUT2D eigenvalue weighted by molar-refractivity contribution is 0.164. The van der Waals surface area contributed by atoms with Crippen molar-refractivity contribution in [1.82, 2.24) is 4.98 Å². The molecule has 1 unspecified atom stereocenters. The Kier molecular flexibility index (Phi) is 5.05. The molecule has 0 bridgehead atoms. The molecule has 0 amide bonds. The minimum absolute atomic E-state index is 0.282. The summed E-state index contributed by atoms with van der Waals surface area (Å²) in [6, 6.07) is 10.2. The lowest BCUT2D eigenvalue weighted by atomic mass is 10.0. The van der Waals surface area contributed by atoms with Crippen molar-refractivity contribution in [2.75, 3.05) is 0 Å². The van der Waals surface area contributed by atoms with Crippen LogP contribution in [0.2, 0.25) is 0 Å². The third-order valence-corrected chi connectivity index (χ3v) is 3.70. The fraction of sp³-hybridized carbons (Fsp3) is 0.267. The molecule has 1 heterocycles. The monoisotopic (exact) mass is 323 g/mol. The SMILES string of the molecule is OC(CCc1ccccn1)Cc1cc(F)ccc1Br. The first-order valence-electron chi connectivity index (χ1n) is 6.17. The highest BCUT2D eigenvalue weighted by atomic mass is 79.9. The minimum Gasteiger partial charge on any atom is -0.393 e. The maximum Gasteiger partial charge on any atom is 0.123 e. The quantitative estimate of drug-likeness (QED) is 0.913. The van der Waals surface area contributed by atoms with Gasteiger partial charge in [0.15, 0.2) is 0 Å². The summed E-state index contributed by atoms with van der Waals surface area (Å²) in [5, 5.41) is 10.0. The van der Waals surface area contributed by atoms with Crippen LogP contribution in [0.25, 0.3) is 0 Å². The molecule has 0 spiro atoms. The van der Waals surface area contributed by atoms with Crippen molar-refractivity contribution < 1.29 is 9.50 Å². The molecule has 2 nitrogen and oxygen atoms in total. The van der Waals surface area contributed by atoms with Crippen molar-refractivity contribution in [3.05, 3.63) is 64.1 Å². The normalized spacial score (nSPS) is 12.4. The van der Waals surface area contributed by atoms with Gasteiger partial charge in [0, 0.05) is 16.4 Å². The Bertz CT molecular complexity index is 533. The van der Waals surface area contributed by atoms with Crippen LogP contribution in [-0.2, 0) is 12.8 Å². The van der Waals surface area contributed by atoms with Crippen molar-refractivity contribution in [3.8, 4) is 0 Å². The van der Waals surface area contributed by atoms with Crippen LogP contribution in [0.3, 0.4) is 0 Å². The summed E-state index contributed by atoms with van der Waals surface area (Å²) < 4.78 is 14.0. The molecule has 0 saturated carbocycles. The molecule has 0 aliphatic heterocycles. The molecule has 0 fully saturated rings. The van der Waals surface area contributed by atoms with Crippen molar-refractivity contribution in [2.24, 2.45) is 0 Å². The van der Waals surface area contributed by atoms with Gasteiger partial charge in [-0.05, 0) is 55.2 Å². The van der Waals surface area contributed by atoms with Gasteiger partial charge in [0.1, 0.15) is 5.82 Å². The number of aliphatic hydroxyl groups excluding tert-OH is 1. The fourth-order valence-electron chi connectivity index (χ4n) is 1.92. The summed E-state index contributed by atoms with van der Waals surface area (Å²) in [6.07, 6.45) is 3.01. The first kappa shape index (κ1) is 14.2. The van der Waals surface area contributed by atoms with E-state index in [1.165, 1.54) is 12.1 Å². The van der Waals surface area contributed by atoms with Gasteiger partial charge in [-0.15, -0.1) is 0 Å². The Balaban J connectivity index is 1.90. The van der Waals surface area contributed by atoms with E-state index in [0.717, 1.165) is 22.2 Å². The number of nitrogens with zero attached hydrogens (tertiary/aromatic N) is 1. The van der Waals surface area contributed by atoms with Gasteiger partial charge in [-0.1, -0.05) is 22.0 Å². The van der Waals surface area contributed by atoms with Gasteiger partial charge >= 0.3 is 0 Å². The van der Waals surface area contributed by atoms with Crippen LogP contribution in [0.5, 0.6) is 0 Å². The van der Waals surface area contributed by atoms with Crippen molar-refractivity contribution in [3.63, 3.8) is 0 Å². The van der Waals surface area contributed by atoms with E-state index >= 15 is 0 Å². The Hall–Kier alpha value is -1.26. The molecule has 0 saturated heterocycles. The maximum absolute atomic E-state index is 13.1. The minimum atomic E-state index is -0.500. The number of benzene rings is 1. The van der Waals surface area contributed by atoms with Crippen molar-refractivity contribution in [1.29, 1.82) is 0 Å². The zero-order valence-corrected chi connectivity index (χ0v) is 12.0. The third-order valence-electron chi connectivity index (χ3n) is 2.92. The van der Waals surface area contributed by atoms with Gasteiger partial charge in [-0.2, -0.15) is 0 Å². The molecule has 19 heavy (non-hydrogen) atoms. The van der Waals surface area contributed by atoms with Crippen LogP contribution in [0.4, 0.5) is 4.39 Å². The molecular weight excluding hydrogens is 309 g/mol. The first-order valence-corrected chi connectivity index (χ1v) is 6.96. The number of hydrogen-bond donors (Lipinski definition) is 1. The predicted octanol–water partition coefficient (Wildman–Crippen LogP) is 3.52. The molecule has 0 radical (unpaired) electrons. The molecule has 2 aromatic rings. The van der Waals surface area contributed by atoms with Gasteiger partial charge in [0.05, 0.1) is 6.10 Å². The van der Waals surface area contributed by atoms with Crippen LogP contribution in [-0.4, -0.2) is 16.2 Å². The molecule has 1 N–H and O–H groups in total. The Morgan fingerprint density at radius 3 is 2.84 bits per heavy atom. The number of hydrogen-bond acceptors (Lipinski definition) is 2. The fourth-order valence-corrected chi connectivity index (χ4v) is 2.32. The highest BCUT2D eigenvalue weighted by molar-refractivity contribution is 9.10. The van der Waals surface area contributed by atoms with E-state index in [9.17, 15) is 9.50 Å². The Labute approximate surface area is 120 Å². The van der Waals surface area contributed by atoms with Crippen LogP contribution in [0.15, 0.2) is 47.1 Å². The highest BCUT2D eigenvalue weighted by Crippen LogP contribution is 2.20. The predicted molar refractivity (Wildman–Crippen MR) is 76.4 cm³/mol. The topological polar surface area (TPSA) is 33.1 Å². The average Bonchev–Trinajstić information content (AvgIpc) is 2.42. The number of pyridine rings is 1. The van der Waals surface area contributed by atoms with Crippen LogP contribution in [0.1, 0.15) is 17.7 Å². The second kappa shape index (κ2) is 6.78. The first-order chi connectivity index (χ1) is 9.15. The van der Waals surface area contributed by atoms with Crippen LogP contribution >= 0.6 is 15.9 Å². The summed E-state index contributed by atoms with van der Waals surface area (Å²) in [4.78, 5) is 4.21.